The number of anilines is 1. The summed E-state index contributed by atoms with van der Waals surface area (Å²) in [6.07, 6.45) is -9.76. The third-order valence-electron chi connectivity index (χ3n) is 6.96. The molecule has 0 aromatic heterocycles. The summed E-state index contributed by atoms with van der Waals surface area (Å²) in [5, 5.41) is 5.04. The van der Waals surface area contributed by atoms with Crippen molar-refractivity contribution in [3.05, 3.63) is 65.7 Å². The normalized spacial score (nSPS) is 20.4. The third kappa shape index (κ3) is 6.98. The Bertz CT molecular complexity index is 1260. The van der Waals surface area contributed by atoms with E-state index in [-0.39, 0.29) is 6.42 Å². The molecule has 1 fully saturated rings. The number of nitrogens with one attached hydrogen (secondary N) is 2. The number of benzene rings is 2. The highest BCUT2D eigenvalue weighted by Gasteiger charge is 2.48. The van der Waals surface area contributed by atoms with Crippen molar-refractivity contribution < 1.29 is 36.3 Å². The highest BCUT2D eigenvalue weighted by atomic mass is 19.4. The number of hydrogen-bond acceptors (Lipinski definition) is 4. The van der Waals surface area contributed by atoms with Gasteiger partial charge in [0.05, 0.1) is 11.4 Å². The van der Waals surface area contributed by atoms with E-state index in [1.807, 2.05) is 0 Å². The molecule has 0 saturated heterocycles. The van der Waals surface area contributed by atoms with E-state index in [0.29, 0.717) is 22.5 Å². The van der Waals surface area contributed by atoms with Crippen molar-refractivity contribution in [2.45, 2.75) is 50.4 Å². The standard InChI is InChI=1S/C27H27F5N4O3/c28-26(29)13-15(14-26)12-19(22(33)37)17(10-11-27(30,31)32)24(38)36-23-25(39)34-20-9-5-4-8-18(20)21(35-23)16-6-2-1-3-7-16/h1-9,15,17,19,23H,10-14H2,(H2,33,37)(H,34,39)(H,36,38). The van der Waals surface area contributed by atoms with Crippen molar-refractivity contribution >= 4 is 29.1 Å². The first-order valence-corrected chi connectivity index (χ1v) is 12.4. The number of nitrogens with two attached hydrogens (primary N) is 1. The number of benzodiazepines with no additional fused rings is 1. The molecule has 1 aliphatic carbocycles. The number of halogens is 5. The first-order chi connectivity index (χ1) is 18.3. The summed E-state index contributed by atoms with van der Waals surface area (Å²) < 4.78 is 66.1. The number of carbonyl (C=O) groups is 3. The van der Waals surface area contributed by atoms with E-state index in [2.05, 4.69) is 15.6 Å². The van der Waals surface area contributed by atoms with Gasteiger partial charge < -0.3 is 16.4 Å². The third-order valence-corrected chi connectivity index (χ3v) is 6.96. The maximum Gasteiger partial charge on any atom is 0.389 e. The molecule has 3 amide bonds. The lowest BCUT2D eigenvalue weighted by Crippen LogP contribution is -2.49. The summed E-state index contributed by atoms with van der Waals surface area (Å²) in [5.41, 5.74) is 7.40. The van der Waals surface area contributed by atoms with E-state index in [1.54, 1.807) is 54.6 Å². The van der Waals surface area contributed by atoms with Crippen molar-refractivity contribution in [2.24, 2.45) is 28.5 Å². The van der Waals surface area contributed by atoms with E-state index in [9.17, 15) is 36.3 Å². The molecule has 2 aromatic carbocycles. The van der Waals surface area contributed by atoms with Gasteiger partial charge in [-0.3, -0.25) is 14.4 Å². The topological polar surface area (TPSA) is 114 Å². The number of primary amides is 1. The Morgan fingerprint density at radius 3 is 2.31 bits per heavy atom. The van der Waals surface area contributed by atoms with Crippen LogP contribution in [0.25, 0.3) is 0 Å². The predicted octanol–water partition coefficient (Wildman–Crippen LogP) is 4.41. The minimum Gasteiger partial charge on any atom is -0.369 e. The second kappa shape index (κ2) is 11.1. The molecule has 0 bridgehead atoms. The van der Waals surface area contributed by atoms with E-state index < -0.39 is 79.4 Å². The molecule has 39 heavy (non-hydrogen) atoms. The molecule has 208 valence electrons. The van der Waals surface area contributed by atoms with Gasteiger partial charge in [0, 0.05) is 42.2 Å². The van der Waals surface area contributed by atoms with Gasteiger partial charge in [-0.2, -0.15) is 13.2 Å². The minimum atomic E-state index is -4.65. The zero-order valence-corrected chi connectivity index (χ0v) is 20.7. The Labute approximate surface area is 221 Å². The average Bonchev–Trinajstić information content (AvgIpc) is 2.98. The summed E-state index contributed by atoms with van der Waals surface area (Å²) in [6, 6.07) is 15.6. The van der Waals surface area contributed by atoms with Crippen LogP contribution in [0.3, 0.4) is 0 Å². The van der Waals surface area contributed by atoms with Gasteiger partial charge in [0.15, 0.2) is 0 Å². The van der Waals surface area contributed by atoms with Crippen LogP contribution in [0.2, 0.25) is 0 Å². The Morgan fingerprint density at radius 1 is 1.05 bits per heavy atom. The van der Waals surface area contributed by atoms with Crippen molar-refractivity contribution in [3.8, 4) is 0 Å². The summed E-state index contributed by atoms with van der Waals surface area (Å²) >= 11 is 0. The maximum absolute atomic E-state index is 13.4. The van der Waals surface area contributed by atoms with Crippen molar-refractivity contribution in [1.29, 1.82) is 0 Å². The van der Waals surface area contributed by atoms with Crippen LogP contribution in [-0.4, -0.2) is 41.7 Å². The van der Waals surface area contributed by atoms with Gasteiger partial charge in [-0.15, -0.1) is 0 Å². The van der Waals surface area contributed by atoms with E-state index in [0.717, 1.165) is 0 Å². The highest BCUT2D eigenvalue weighted by molar-refractivity contribution is 6.19. The Kier molecular flexibility index (Phi) is 8.03. The summed E-state index contributed by atoms with van der Waals surface area (Å²) in [4.78, 5) is 43.1. The second-order valence-electron chi connectivity index (χ2n) is 9.92. The van der Waals surface area contributed by atoms with E-state index >= 15 is 0 Å². The van der Waals surface area contributed by atoms with Crippen LogP contribution in [0.4, 0.5) is 27.6 Å². The predicted molar refractivity (Wildman–Crippen MR) is 133 cm³/mol. The molecule has 2 aliphatic rings. The van der Waals surface area contributed by atoms with Gasteiger partial charge in [-0.1, -0.05) is 48.5 Å². The largest absolute Gasteiger partial charge is 0.389 e. The van der Waals surface area contributed by atoms with Crippen molar-refractivity contribution in [2.75, 3.05) is 5.32 Å². The van der Waals surface area contributed by atoms with Crippen LogP contribution < -0.4 is 16.4 Å². The molecule has 0 radical (unpaired) electrons. The van der Waals surface area contributed by atoms with Crippen LogP contribution in [-0.2, 0) is 14.4 Å². The van der Waals surface area contributed by atoms with Gasteiger partial charge in [0.1, 0.15) is 0 Å². The van der Waals surface area contributed by atoms with Crippen LogP contribution >= 0.6 is 0 Å². The maximum atomic E-state index is 13.4. The quantitative estimate of drug-likeness (QED) is 0.402. The monoisotopic (exact) mass is 550 g/mol. The number of rotatable bonds is 9. The van der Waals surface area contributed by atoms with Crippen molar-refractivity contribution in [1.82, 2.24) is 5.32 Å². The Balaban J connectivity index is 1.63. The zero-order chi connectivity index (χ0) is 28.4. The number of para-hydroxylation sites is 1. The number of aliphatic imine (C=N–C) groups is 1. The fourth-order valence-electron chi connectivity index (χ4n) is 5.05. The number of nitrogens with zero attached hydrogens (tertiary/aromatic N) is 1. The van der Waals surface area contributed by atoms with E-state index in [1.165, 1.54) is 0 Å². The molecule has 1 saturated carbocycles. The molecule has 3 unspecified atom stereocenters. The lowest BCUT2D eigenvalue weighted by molar-refractivity contribution is -0.149. The molecule has 4 rings (SSSR count). The number of hydrogen-bond donors (Lipinski definition) is 3. The summed E-state index contributed by atoms with van der Waals surface area (Å²) in [7, 11) is 0. The number of amides is 3. The number of alkyl halides is 5. The minimum absolute atomic E-state index is 0.262. The fraction of sp³-hybridized carbons (Fsp3) is 0.407. The average molecular weight is 551 g/mol. The molecule has 7 nitrogen and oxygen atoms in total. The smallest absolute Gasteiger partial charge is 0.369 e. The lowest BCUT2D eigenvalue weighted by atomic mass is 9.72. The second-order valence-corrected chi connectivity index (χ2v) is 9.92. The van der Waals surface area contributed by atoms with Crippen LogP contribution in [0, 0.1) is 17.8 Å². The first-order valence-electron chi connectivity index (χ1n) is 12.4. The zero-order valence-electron chi connectivity index (χ0n) is 20.7. The molecule has 0 spiro atoms. The molecule has 1 heterocycles. The van der Waals surface area contributed by atoms with Crippen molar-refractivity contribution in [3.63, 3.8) is 0 Å². The van der Waals surface area contributed by atoms with Gasteiger partial charge in [0.25, 0.3) is 5.91 Å². The molecular weight excluding hydrogens is 523 g/mol. The van der Waals surface area contributed by atoms with Gasteiger partial charge in [-0.25, -0.2) is 13.8 Å². The molecule has 12 heteroatoms. The van der Waals surface area contributed by atoms with E-state index in [4.69, 9.17) is 5.73 Å². The molecule has 4 N–H and O–H groups in total. The first kappa shape index (κ1) is 28.2. The molecule has 2 aromatic rings. The SMILES string of the molecule is NC(=O)C(CC1CC(F)(F)C1)C(CCC(F)(F)F)C(=O)NC1N=C(c2ccccc2)c2ccccc2NC1=O. The Hall–Kier alpha value is -3.83. The van der Waals surface area contributed by atoms with Crippen LogP contribution in [0.1, 0.15) is 43.2 Å². The number of fused-ring (bicyclic) bond motifs is 1. The Morgan fingerprint density at radius 2 is 1.69 bits per heavy atom. The van der Waals surface area contributed by atoms with Crippen LogP contribution in [0.15, 0.2) is 59.6 Å². The summed E-state index contributed by atoms with van der Waals surface area (Å²) in [5.74, 6) is -9.49. The summed E-state index contributed by atoms with van der Waals surface area (Å²) in [6.45, 7) is 0. The lowest BCUT2D eigenvalue weighted by Gasteiger charge is -2.38. The number of carbonyl (C=O) groups excluding carboxylic acids is 3. The van der Waals surface area contributed by atoms with Crippen LogP contribution in [0.5, 0.6) is 0 Å². The highest BCUT2D eigenvalue weighted by Crippen LogP contribution is 2.46. The van der Waals surface area contributed by atoms with Gasteiger partial charge >= 0.3 is 6.18 Å². The fourth-order valence-corrected chi connectivity index (χ4v) is 5.05. The molecule has 3 atom stereocenters. The van der Waals surface area contributed by atoms with Gasteiger partial charge in [0.2, 0.25) is 23.9 Å². The van der Waals surface area contributed by atoms with Gasteiger partial charge in [-0.05, 0) is 24.8 Å². The molecule has 1 aliphatic heterocycles. The molecular formula is C27H27F5N4O3.